The lowest BCUT2D eigenvalue weighted by Crippen LogP contribution is -1.84. The Labute approximate surface area is 81.3 Å². The predicted octanol–water partition coefficient (Wildman–Crippen LogP) is 2.56. The first kappa shape index (κ1) is 8.81. The summed E-state index contributed by atoms with van der Waals surface area (Å²) in [6, 6.07) is 5.71. The highest BCUT2D eigenvalue weighted by atomic mass is 16.5. The van der Waals surface area contributed by atoms with Crippen LogP contribution in [0.4, 0.5) is 0 Å². The number of furan rings is 1. The minimum atomic E-state index is 0.247. The van der Waals surface area contributed by atoms with Crippen molar-refractivity contribution in [3.8, 4) is 5.75 Å². The predicted molar refractivity (Wildman–Crippen MR) is 52.9 cm³/mol. The van der Waals surface area contributed by atoms with Crippen molar-refractivity contribution in [3.63, 3.8) is 0 Å². The zero-order chi connectivity index (χ0) is 10.1. The summed E-state index contributed by atoms with van der Waals surface area (Å²) in [5.41, 5.74) is 1.71. The maximum atomic E-state index is 10.7. The van der Waals surface area contributed by atoms with Gasteiger partial charge in [0.25, 0.3) is 0 Å². The van der Waals surface area contributed by atoms with Crippen molar-refractivity contribution in [2.45, 2.75) is 6.92 Å². The average Bonchev–Trinajstić information content (AvgIpc) is 2.57. The van der Waals surface area contributed by atoms with Crippen molar-refractivity contribution in [3.05, 3.63) is 29.5 Å². The fraction of sp³-hybridized carbons (Fsp3) is 0.182. The van der Waals surface area contributed by atoms with Crippen molar-refractivity contribution in [2.24, 2.45) is 0 Å². The topological polar surface area (TPSA) is 39.4 Å². The Morgan fingerprint density at radius 1 is 1.43 bits per heavy atom. The molecule has 2 aromatic rings. The van der Waals surface area contributed by atoms with Crippen LogP contribution >= 0.6 is 0 Å². The van der Waals surface area contributed by atoms with Crippen molar-refractivity contribution >= 4 is 17.3 Å². The molecule has 0 unspecified atom stereocenters. The summed E-state index contributed by atoms with van der Waals surface area (Å²) < 4.78 is 10.5. The molecule has 0 aliphatic carbocycles. The molecule has 0 N–H and O–H groups in total. The van der Waals surface area contributed by atoms with Crippen LogP contribution in [0.3, 0.4) is 0 Å². The van der Waals surface area contributed by atoms with Crippen LogP contribution in [-0.2, 0) is 0 Å². The van der Waals surface area contributed by atoms with Gasteiger partial charge in [0.05, 0.1) is 12.5 Å². The van der Waals surface area contributed by atoms with E-state index in [-0.39, 0.29) is 5.76 Å². The Bertz CT molecular complexity index is 482. The smallest absolute Gasteiger partial charge is 0.209 e. The second kappa shape index (κ2) is 3.18. The molecule has 3 nitrogen and oxygen atoms in total. The number of aryl methyl sites for hydroxylation is 1. The van der Waals surface area contributed by atoms with Crippen molar-refractivity contribution in [1.82, 2.24) is 0 Å². The minimum Gasteiger partial charge on any atom is -0.492 e. The molecule has 2 rings (SSSR count). The van der Waals surface area contributed by atoms with Gasteiger partial charge in [0.15, 0.2) is 12.0 Å². The van der Waals surface area contributed by atoms with Gasteiger partial charge in [-0.05, 0) is 18.6 Å². The molecular weight excluding hydrogens is 180 g/mol. The molecule has 0 aliphatic heterocycles. The van der Waals surface area contributed by atoms with Gasteiger partial charge in [-0.2, -0.15) is 0 Å². The maximum Gasteiger partial charge on any atom is 0.209 e. The van der Waals surface area contributed by atoms with E-state index in [1.807, 2.05) is 25.1 Å². The van der Waals surface area contributed by atoms with Crippen LogP contribution in [0.25, 0.3) is 11.0 Å². The molecule has 0 bridgehead atoms. The van der Waals surface area contributed by atoms with E-state index in [2.05, 4.69) is 0 Å². The molecular formula is C11H10O3. The van der Waals surface area contributed by atoms with E-state index in [1.54, 1.807) is 0 Å². The van der Waals surface area contributed by atoms with Gasteiger partial charge in [0.1, 0.15) is 5.58 Å². The van der Waals surface area contributed by atoms with E-state index in [4.69, 9.17) is 9.15 Å². The summed E-state index contributed by atoms with van der Waals surface area (Å²) in [7, 11) is 1.53. The first-order chi connectivity index (χ1) is 6.77. The van der Waals surface area contributed by atoms with Crippen LogP contribution in [0.1, 0.15) is 16.1 Å². The molecule has 0 spiro atoms. The molecule has 3 heteroatoms. The normalized spacial score (nSPS) is 10.4. The van der Waals surface area contributed by atoms with Crippen LogP contribution in [0, 0.1) is 6.92 Å². The highest BCUT2D eigenvalue weighted by molar-refractivity contribution is 5.94. The lowest BCUT2D eigenvalue weighted by atomic mass is 10.1. The summed E-state index contributed by atoms with van der Waals surface area (Å²) in [6.07, 6.45) is 0.665. The standard InChI is InChI=1S/C11H10O3/c1-7-4-3-5-8-10(7)14-9(6-12)11(8)13-2/h3-6H,1-2H3. The summed E-state index contributed by atoms with van der Waals surface area (Å²) >= 11 is 0. The monoisotopic (exact) mass is 190 g/mol. The summed E-state index contributed by atoms with van der Waals surface area (Å²) in [5.74, 6) is 0.760. The number of methoxy groups -OCH3 is 1. The SMILES string of the molecule is COc1c(C=O)oc2c(C)cccc12. The van der Waals surface area contributed by atoms with E-state index in [1.165, 1.54) is 7.11 Å². The Balaban J connectivity index is 2.86. The number of fused-ring (bicyclic) bond motifs is 1. The third-order valence-electron chi connectivity index (χ3n) is 2.20. The molecule has 0 atom stereocenters. The summed E-state index contributed by atoms with van der Waals surface area (Å²) in [5, 5.41) is 0.842. The highest BCUT2D eigenvalue weighted by Gasteiger charge is 2.14. The number of para-hydroxylation sites is 1. The fourth-order valence-corrected chi connectivity index (χ4v) is 1.54. The molecule has 0 aliphatic rings. The number of carbonyl (C=O) groups excluding carboxylic acids is 1. The number of ether oxygens (including phenoxy) is 1. The fourth-order valence-electron chi connectivity index (χ4n) is 1.54. The Morgan fingerprint density at radius 3 is 2.86 bits per heavy atom. The van der Waals surface area contributed by atoms with Crippen LogP contribution in [0.5, 0.6) is 5.75 Å². The number of benzene rings is 1. The second-order valence-corrected chi connectivity index (χ2v) is 3.07. The number of aldehydes is 1. The van der Waals surface area contributed by atoms with Crippen LogP contribution in [-0.4, -0.2) is 13.4 Å². The van der Waals surface area contributed by atoms with Gasteiger partial charge in [-0.1, -0.05) is 12.1 Å². The molecule has 1 aromatic heterocycles. The molecule has 0 saturated carbocycles. The van der Waals surface area contributed by atoms with Crippen LogP contribution < -0.4 is 4.74 Å². The van der Waals surface area contributed by atoms with Crippen molar-refractivity contribution in [2.75, 3.05) is 7.11 Å². The molecule has 0 amide bonds. The molecule has 1 aromatic carbocycles. The van der Waals surface area contributed by atoms with Gasteiger partial charge >= 0.3 is 0 Å². The molecule has 0 radical (unpaired) electrons. The van der Waals surface area contributed by atoms with Gasteiger partial charge in [-0.3, -0.25) is 4.79 Å². The zero-order valence-electron chi connectivity index (χ0n) is 8.03. The number of hydrogen-bond donors (Lipinski definition) is 0. The van der Waals surface area contributed by atoms with E-state index in [9.17, 15) is 4.79 Å². The van der Waals surface area contributed by atoms with E-state index in [0.29, 0.717) is 17.6 Å². The Morgan fingerprint density at radius 2 is 2.21 bits per heavy atom. The number of hydrogen-bond acceptors (Lipinski definition) is 3. The lowest BCUT2D eigenvalue weighted by molar-refractivity contribution is 0.109. The molecule has 72 valence electrons. The molecule has 14 heavy (non-hydrogen) atoms. The number of rotatable bonds is 2. The largest absolute Gasteiger partial charge is 0.492 e. The van der Waals surface area contributed by atoms with Gasteiger partial charge in [-0.25, -0.2) is 0 Å². The Hall–Kier alpha value is -1.77. The molecule has 0 saturated heterocycles. The molecule has 0 fully saturated rings. The van der Waals surface area contributed by atoms with Crippen molar-refractivity contribution in [1.29, 1.82) is 0 Å². The Kier molecular flexibility index (Phi) is 2.00. The third kappa shape index (κ3) is 1.09. The highest BCUT2D eigenvalue weighted by Crippen LogP contribution is 2.33. The van der Waals surface area contributed by atoms with E-state index >= 15 is 0 Å². The van der Waals surface area contributed by atoms with Gasteiger partial charge < -0.3 is 9.15 Å². The van der Waals surface area contributed by atoms with Crippen molar-refractivity contribution < 1.29 is 13.9 Å². The quantitative estimate of drug-likeness (QED) is 0.683. The number of carbonyl (C=O) groups is 1. The maximum absolute atomic E-state index is 10.7. The van der Waals surface area contributed by atoms with Gasteiger partial charge in [0.2, 0.25) is 5.76 Å². The van der Waals surface area contributed by atoms with Crippen LogP contribution in [0.15, 0.2) is 22.6 Å². The second-order valence-electron chi connectivity index (χ2n) is 3.07. The summed E-state index contributed by atoms with van der Waals surface area (Å²) in [4.78, 5) is 10.7. The third-order valence-corrected chi connectivity index (χ3v) is 2.20. The van der Waals surface area contributed by atoms with E-state index < -0.39 is 0 Å². The first-order valence-corrected chi connectivity index (χ1v) is 4.29. The molecule has 1 heterocycles. The van der Waals surface area contributed by atoms with Gasteiger partial charge in [-0.15, -0.1) is 0 Å². The van der Waals surface area contributed by atoms with E-state index in [0.717, 1.165) is 10.9 Å². The minimum absolute atomic E-state index is 0.247. The first-order valence-electron chi connectivity index (χ1n) is 4.29. The van der Waals surface area contributed by atoms with Crippen LogP contribution in [0.2, 0.25) is 0 Å². The van der Waals surface area contributed by atoms with Gasteiger partial charge in [0, 0.05) is 0 Å². The lowest BCUT2D eigenvalue weighted by Gasteiger charge is -1.95. The average molecular weight is 190 g/mol. The summed E-state index contributed by atoms with van der Waals surface area (Å²) in [6.45, 7) is 1.93. The zero-order valence-corrected chi connectivity index (χ0v) is 8.03.